The largest absolute Gasteiger partial charge is 0.426 e. The molecule has 1 aliphatic carbocycles. The third kappa shape index (κ3) is 2.58. The van der Waals surface area contributed by atoms with E-state index in [1.54, 1.807) is 0 Å². The van der Waals surface area contributed by atoms with Crippen LogP contribution in [0.3, 0.4) is 0 Å². The summed E-state index contributed by atoms with van der Waals surface area (Å²) in [5.41, 5.74) is -0.323. The summed E-state index contributed by atoms with van der Waals surface area (Å²) < 4.78 is 5.11. The number of hydrogen-bond acceptors (Lipinski definition) is 6. The number of nitrogens with one attached hydrogen (secondary N) is 1. The maximum Gasteiger partial charge on any atom is 0.359 e. The lowest BCUT2D eigenvalue weighted by Crippen LogP contribution is -2.22. The lowest BCUT2D eigenvalue weighted by molar-refractivity contribution is 0.0963. The van der Waals surface area contributed by atoms with Gasteiger partial charge in [0.15, 0.2) is 5.78 Å². The molecular formula is C14H11N3O4. The van der Waals surface area contributed by atoms with Crippen LogP contribution in [0.15, 0.2) is 33.9 Å². The molecule has 0 atom stereocenters. The van der Waals surface area contributed by atoms with E-state index in [0.29, 0.717) is 30.6 Å². The second-order valence-electron chi connectivity index (χ2n) is 4.61. The molecule has 2 heterocycles. The number of anilines is 1. The van der Waals surface area contributed by atoms with Gasteiger partial charge in [-0.25, -0.2) is 9.78 Å². The molecule has 0 spiro atoms. The van der Waals surface area contributed by atoms with Crippen LogP contribution < -0.4 is 10.9 Å². The molecule has 0 saturated heterocycles. The Bertz CT molecular complexity index is 768. The van der Waals surface area contributed by atoms with Gasteiger partial charge in [0.25, 0.3) is 5.91 Å². The van der Waals surface area contributed by atoms with Crippen molar-refractivity contribution in [3.05, 3.63) is 52.1 Å². The van der Waals surface area contributed by atoms with Gasteiger partial charge in [0, 0.05) is 25.2 Å². The first-order valence-electron chi connectivity index (χ1n) is 6.43. The Balaban J connectivity index is 1.93. The fraction of sp³-hybridized carbons (Fsp3) is 0.214. The van der Waals surface area contributed by atoms with E-state index in [0.717, 1.165) is 0 Å². The number of carbonyl (C=O) groups excluding carboxylic acids is 2. The average molecular weight is 285 g/mol. The van der Waals surface area contributed by atoms with Gasteiger partial charge in [0.2, 0.25) is 0 Å². The quantitative estimate of drug-likeness (QED) is 0.889. The highest BCUT2D eigenvalue weighted by Crippen LogP contribution is 2.22. The minimum Gasteiger partial charge on any atom is -0.426 e. The SMILES string of the molecule is O=C(Nc1cc2c(oc1=O)CCCC2=O)c1cnccn1. The Morgan fingerprint density at radius 2 is 2.10 bits per heavy atom. The number of nitrogens with zero attached hydrogens (tertiary/aromatic N) is 2. The molecule has 7 heteroatoms. The van der Waals surface area contributed by atoms with Crippen LogP contribution in [-0.2, 0) is 6.42 Å². The third-order valence-electron chi connectivity index (χ3n) is 3.18. The number of aromatic nitrogens is 2. The maximum absolute atomic E-state index is 11.9. The van der Waals surface area contributed by atoms with Crippen molar-refractivity contribution < 1.29 is 14.0 Å². The summed E-state index contributed by atoms with van der Waals surface area (Å²) >= 11 is 0. The molecule has 0 radical (unpaired) electrons. The van der Waals surface area contributed by atoms with E-state index >= 15 is 0 Å². The normalized spacial score (nSPS) is 13.6. The highest BCUT2D eigenvalue weighted by atomic mass is 16.4. The van der Waals surface area contributed by atoms with Gasteiger partial charge in [0.1, 0.15) is 17.1 Å². The number of ketones is 1. The van der Waals surface area contributed by atoms with Crippen LogP contribution in [0.25, 0.3) is 0 Å². The Hall–Kier alpha value is -2.83. The molecule has 106 valence electrons. The van der Waals surface area contributed by atoms with Crippen LogP contribution in [0.2, 0.25) is 0 Å². The standard InChI is InChI=1S/C14H11N3O4/c18-11-2-1-3-12-8(11)6-9(14(20)21-12)17-13(19)10-7-15-4-5-16-10/h4-7H,1-3H2,(H,17,19). The van der Waals surface area contributed by atoms with E-state index < -0.39 is 11.5 Å². The second-order valence-corrected chi connectivity index (χ2v) is 4.61. The number of fused-ring (bicyclic) bond motifs is 1. The fourth-order valence-corrected chi connectivity index (χ4v) is 2.16. The molecule has 0 aliphatic heterocycles. The molecule has 1 N–H and O–H groups in total. The van der Waals surface area contributed by atoms with Crippen LogP contribution in [-0.4, -0.2) is 21.7 Å². The molecule has 1 aliphatic rings. The van der Waals surface area contributed by atoms with Gasteiger partial charge >= 0.3 is 5.63 Å². The maximum atomic E-state index is 11.9. The fourth-order valence-electron chi connectivity index (χ4n) is 2.16. The summed E-state index contributed by atoms with van der Waals surface area (Å²) in [6.07, 6.45) is 5.71. The number of Topliss-reactive ketones (excluding diaryl/α,β-unsaturated/α-hetero) is 1. The predicted octanol–water partition coefficient (Wildman–Crippen LogP) is 1.20. The molecular weight excluding hydrogens is 274 g/mol. The highest BCUT2D eigenvalue weighted by molar-refractivity contribution is 6.04. The van der Waals surface area contributed by atoms with E-state index in [-0.39, 0.29) is 17.2 Å². The molecule has 0 bridgehead atoms. The Kier molecular flexibility index (Phi) is 3.31. The van der Waals surface area contributed by atoms with Crippen LogP contribution in [0.5, 0.6) is 0 Å². The number of amides is 1. The van der Waals surface area contributed by atoms with Gasteiger partial charge in [-0.2, -0.15) is 0 Å². The van der Waals surface area contributed by atoms with Gasteiger partial charge in [-0.15, -0.1) is 0 Å². The third-order valence-corrected chi connectivity index (χ3v) is 3.18. The van der Waals surface area contributed by atoms with Crippen molar-refractivity contribution in [1.29, 1.82) is 0 Å². The summed E-state index contributed by atoms with van der Waals surface area (Å²) in [6.45, 7) is 0. The van der Waals surface area contributed by atoms with E-state index in [1.807, 2.05) is 0 Å². The lowest BCUT2D eigenvalue weighted by Gasteiger charge is -2.13. The van der Waals surface area contributed by atoms with Gasteiger partial charge in [0.05, 0.1) is 11.8 Å². The zero-order chi connectivity index (χ0) is 14.8. The number of carbonyl (C=O) groups is 2. The first-order valence-corrected chi connectivity index (χ1v) is 6.43. The molecule has 0 fully saturated rings. The van der Waals surface area contributed by atoms with Crippen molar-refractivity contribution >= 4 is 17.4 Å². The second kappa shape index (κ2) is 5.28. The van der Waals surface area contributed by atoms with E-state index in [2.05, 4.69) is 15.3 Å². The minimum absolute atomic E-state index is 0.0698. The van der Waals surface area contributed by atoms with Gasteiger partial charge in [-0.05, 0) is 12.5 Å². The smallest absolute Gasteiger partial charge is 0.359 e. The molecule has 1 amide bonds. The van der Waals surface area contributed by atoms with Crippen molar-refractivity contribution in [2.75, 3.05) is 5.32 Å². The first kappa shape index (κ1) is 13.2. The van der Waals surface area contributed by atoms with E-state index in [9.17, 15) is 14.4 Å². The zero-order valence-electron chi connectivity index (χ0n) is 11.0. The van der Waals surface area contributed by atoms with Gasteiger partial charge in [-0.3, -0.25) is 14.6 Å². The Labute approximate surface area is 119 Å². The van der Waals surface area contributed by atoms with Crippen LogP contribution in [0.4, 0.5) is 5.69 Å². The molecule has 3 rings (SSSR count). The molecule has 0 saturated carbocycles. The minimum atomic E-state index is -0.680. The summed E-state index contributed by atoms with van der Waals surface area (Å²) in [6, 6.07) is 1.37. The van der Waals surface area contributed by atoms with Crippen molar-refractivity contribution in [3.63, 3.8) is 0 Å². The predicted molar refractivity (Wildman–Crippen MR) is 72.2 cm³/mol. The Morgan fingerprint density at radius 3 is 2.86 bits per heavy atom. The molecule has 2 aromatic rings. The van der Waals surface area contributed by atoms with Crippen LogP contribution >= 0.6 is 0 Å². The average Bonchev–Trinajstić information content (AvgIpc) is 2.50. The van der Waals surface area contributed by atoms with Crippen molar-refractivity contribution in [1.82, 2.24) is 9.97 Å². The number of hydrogen-bond donors (Lipinski definition) is 1. The lowest BCUT2D eigenvalue weighted by atomic mass is 9.96. The monoisotopic (exact) mass is 285 g/mol. The zero-order valence-corrected chi connectivity index (χ0v) is 11.0. The van der Waals surface area contributed by atoms with Crippen LogP contribution in [0.1, 0.15) is 39.4 Å². The van der Waals surface area contributed by atoms with E-state index in [1.165, 1.54) is 24.7 Å². The molecule has 21 heavy (non-hydrogen) atoms. The molecule has 0 aromatic carbocycles. The van der Waals surface area contributed by atoms with E-state index in [4.69, 9.17) is 4.42 Å². The summed E-state index contributed by atoms with van der Waals surface area (Å²) in [4.78, 5) is 43.2. The summed E-state index contributed by atoms with van der Waals surface area (Å²) in [5, 5.41) is 2.40. The number of aryl methyl sites for hydroxylation is 1. The Morgan fingerprint density at radius 1 is 1.24 bits per heavy atom. The topological polar surface area (TPSA) is 102 Å². The van der Waals surface area contributed by atoms with Gasteiger partial charge in [-0.1, -0.05) is 0 Å². The molecule has 7 nitrogen and oxygen atoms in total. The number of rotatable bonds is 2. The van der Waals surface area contributed by atoms with Gasteiger partial charge < -0.3 is 9.73 Å². The summed E-state index contributed by atoms with van der Waals surface area (Å²) in [7, 11) is 0. The molecule has 0 unspecified atom stereocenters. The first-order chi connectivity index (χ1) is 10.1. The van der Waals surface area contributed by atoms with Crippen LogP contribution in [0, 0.1) is 0 Å². The van der Waals surface area contributed by atoms with Crippen molar-refractivity contribution in [2.45, 2.75) is 19.3 Å². The summed E-state index contributed by atoms with van der Waals surface area (Å²) in [5.74, 6) is -0.289. The van der Waals surface area contributed by atoms with Crippen molar-refractivity contribution in [2.24, 2.45) is 0 Å². The van der Waals surface area contributed by atoms with Crippen molar-refractivity contribution in [3.8, 4) is 0 Å². The molecule has 2 aromatic heterocycles. The highest BCUT2D eigenvalue weighted by Gasteiger charge is 2.22.